The minimum Gasteiger partial charge on any atom is -0.494 e. The van der Waals surface area contributed by atoms with Crippen LogP contribution in [0.1, 0.15) is 36.0 Å². The van der Waals surface area contributed by atoms with Crippen LogP contribution < -0.4 is 4.74 Å². The number of hydrogen-bond acceptors (Lipinski definition) is 5. The average Bonchev–Trinajstić information content (AvgIpc) is 3.22. The molecule has 0 N–H and O–H groups in total. The van der Waals surface area contributed by atoms with Gasteiger partial charge in [-0.05, 0) is 44.9 Å². The molecular formula is C19H22FN3O3S2. The molecule has 0 spiro atoms. The van der Waals surface area contributed by atoms with Gasteiger partial charge in [0.15, 0.2) is 11.6 Å². The number of sulfonamides is 1. The molecular weight excluding hydrogens is 401 g/mol. The standard InChI is InChI=1S/C19H22FN3O3S2/c1-12-11-27-19-18(21-13(2)23(12)19)14-5-4-8-22(10-14)28(24,25)15-6-7-17(26-3)16(20)9-15/h6-7,9,11,14H,4-5,8,10H2,1-3H3/t14-/m0/s1. The van der Waals surface area contributed by atoms with Gasteiger partial charge in [0.1, 0.15) is 10.7 Å². The zero-order valence-electron chi connectivity index (χ0n) is 16.0. The minimum absolute atomic E-state index is 0.0216. The number of aromatic nitrogens is 2. The number of rotatable bonds is 4. The summed E-state index contributed by atoms with van der Waals surface area (Å²) in [4.78, 5) is 5.76. The third-order valence-corrected chi connectivity index (χ3v) is 8.19. The molecule has 0 bridgehead atoms. The van der Waals surface area contributed by atoms with E-state index in [4.69, 9.17) is 9.72 Å². The summed E-state index contributed by atoms with van der Waals surface area (Å²) in [7, 11) is -2.44. The van der Waals surface area contributed by atoms with Crippen molar-refractivity contribution < 1.29 is 17.5 Å². The number of fused-ring (bicyclic) bond motifs is 1. The Hall–Kier alpha value is -1.97. The Labute approximate surface area is 167 Å². The lowest BCUT2D eigenvalue weighted by molar-refractivity contribution is 0.313. The first-order chi connectivity index (χ1) is 13.3. The fraction of sp³-hybridized carbons (Fsp3) is 0.421. The molecule has 0 aliphatic carbocycles. The molecule has 0 saturated carbocycles. The van der Waals surface area contributed by atoms with Gasteiger partial charge < -0.3 is 4.74 Å². The fourth-order valence-corrected chi connectivity index (χ4v) is 6.50. The second-order valence-electron chi connectivity index (χ2n) is 7.06. The number of methoxy groups -OCH3 is 1. The van der Waals surface area contributed by atoms with Gasteiger partial charge in [-0.1, -0.05) is 0 Å². The van der Waals surface area contributed by atoms with Gasteiger partial charge in [-0.15, -0.1) is 11.3 Å². The van der Waals surface area contributed by atoms with Crippen LogP contribution in [0.25, 0.3) is 4.83 Å². The Morgan fingerprint density at radius 1 is 1.32 bits per heavy atom. The molecule has 1 aliphatic heterocycles. The zero-order valence-corrected chi connectivity index (χ0v) is 17.6. The van der Waals surface area contributed by atoms with Gasteiger partial charge >= 0.3 is 0 Å². The highest BCUT2D eigenvalue weighted by molar-refractivity contribution is 7.89. The molecule has 1 aromatic carbocycles. The first kappa shape index (κ1) is 19.4. The van der Waals surface area contributed by atoms with Crippen molar-refractivity contribution in [2.24, 2.45) is 0 Å². The second-order valence-corrected chi connectivity index (χ2v) is 9.86. The van der Waals surface area contributed by atoms with Crippen LogP contribution >= 0.6 is 11.3 Å². The van der Waals surface area contributed by atoms with Crippen molar-refractivity contribution in [3.05, 3.63) is 46.6 Å². The lowest BCUT2D eigenvalue weighted by atomic mass is 9.97. The van der Waals surface area contributed by atoms with Crippen molar-refractivity contribution in [3.63, 3.8) is 0 Å². The molecule has 4 rings (SSSR count). The highest BCUT2D eigenvalue weighted by Crippen LogP contribution is 2.35. The molecule has 1 atom stereocenters. The zero-order chi connectivity index (χ0) is 20.1. The number of piperidine rings is 1. The second kappa shape index (κ2) is 7.13. The number of hydrogen-bond donors (Lipinski definition) is 0. The normalized spacial score (nSPS) is 18.6. The van der Waals surface area contributed by atoms with Crippen molar-refractivity contribution in [3.8, 4) is 5.75 Å². The highest BCUT2D eigenvalue weighted by Gasteiger charge is 2.33. The van der Waals surface area contributed by atoms with Gasteiger partial charge in [0, 0.05) is 30.1 Å². The van der Waals surface area contributed by atoms with E-state index in [-0.39, 0.29) is 16.6 Å². The maximum Gasteiger partial charge on any atom is 0.243 e. The molecule has 1 fully saturated rings. The first-order valence-corrected chi connectivity index (χ1v) is 11.4. The maximum absolute atomic E-state index is 14.0. The van der Waals surface area contributed by atoms with E-state index in [9.17, 15) is 12.8 Å². The van der Waals surface area contributed by atoms with Crippen LogP contribution in [-0.2, 0) is 10.0 Å². The summed E-state index contributed by atoms with van der Waals surface area (Å²) in [6.45, 7) is 4.77. The van der Waals surface area contributed by atoms with Crippen molar-refractivity contribution in [2.45, 2.75) is 37.5 Å². The van der Waals surface area contributed by atoms with Crippen molar-refractivity contribution in [1.82, 2.24) is 13.7 Å². The molecule has 3 heterocycles. The molecule has 2 aromatic heterocycles. The number of imidazole rings is 1. The quantitative estimate of drug-likeness (QED) is 0.642. The SMILES string of the molecule is COc1ccc(S(=O)(=O)N2CCC[C@H](c3nc(C)n4c(C)csc34)C2)cc1F. The predicted octanol–water partition coefficient (Wildman–Crippen LogP) is 3.73. The van der Waals surface area contributed by atoms with Gasteiger partial charge in [0.25, 0.3) is 0 Å². The third kappa shape index (κ3) is 3.11. The van der Waals surface area contributed by atoms with Crippen LogP contribution in [0.15, 0.2) is 28.5 Å². The summed E-state index contributed by atoms with van der Waals surface area (Å²) in [6, 6.07) is 3.77. The number of ether oxygens (including phenoxy) is 1. The van der Waals surface area contributed by atoms with E-state index in [1.54, 1.807) is 11.3 Å². The molecule has 0 unspecified atom stereocenters. The van der Waals surface area contributed by atoms with Crippen molar-refractivity contribution >= 4 is 26.2 Å². The lowest BCUT2D eigenvalue weighted by Crippen LogP contribution is -2.39. The van der Waals surface area contributed by atoms with E-state index in [0.29, 0.717) is 13.1 Å². The monoisotopic (exact) mass is 423 g/mol. The molecule has 9 heteroatoms. The van der Waals surface area contributed by atoms with Gasteiger partial charge in [-0.25, -0.2) is 17.8 Å². The Balaban J connectivity index is 1.65. The number of aryl methyl sites for hydroxylation is 2. The van der Waals surface area contributed by atoms with Gasteiger partial charge in [-0.3, -0.25) is 4.40 Å². The van der Waals surface area contributed by atoms with Crippen molar-refractivity contribution in [2.75, 3.05) is 20.2 Å². The van der Waals surface area contributed by atoms with Gasteiger partial charge in [0.05, 0.1) is 17.7 Å². The number of nitrogens with zero attached hydrogens (tertiary/aromatic N) is 3. The highest BCUT2D eigenvalue weighted by atomic mass is 32.2. The van der Waals surface area contributed by atoms with Crippen LogP contribution in [0.4, 0.5) is 4.39 Å². The van der Waals surface area contributed by atoms with Gasteiger partial charge in [0.2, 0.25) is 10.0 Å². The minimum atomic E-state index is -3.79. The Morgan fingerprint density at radius 3 is 2.82 bits per heavy atom. The number of thiazole rings is 1. The number of benzene rings is 1. The van der Waals surface area contributed by atoms with E-state index >= 15 is 0 Å². The molecule has 0 radical (unpaired) electrons. The topological polar surface area (TPSA) is 63.9 Å². The van der Waals surface area contributed by atoms with Crippen LogP contribution in [0.3, 0.4) is 0 Å². The molecule has 1 saturated heterocycles. The Bertz CT molecular complexity index is 1140. The smallest absolute Gasteiger partial charge is 0.243 e. The van der Waals surface area contributed by atoms with Gasteiger partial charge in [-0.2, -0.15) is 4.31 Å². The lowest BCUT2D eigenvalue weighted by Gasteiger charge is -2.31. The molecule has 150 valence electrons. The Kier molecular flexibility index (Phi) is 4.93. The summed E-state index contributed by atoms with van der Waals surface area (Å²) in [6.07, 6.45) is 1.62. The van der Waals surface area contributed by atoms with E-state index < -0.39 is 15.8 Å². The van der Waals surface area contributed by atoms with Crippen LogP contribution in [0, 0.1) is 19.7 Å². The summed E-state index contributed by atoms with van der Waals surface area (Å²) in [5, 5.41) is 2.09. The molecule has 3 aromatic rings. The van der Waals surface area contributed by atoms with Crippen LogP contribution in [-0.4, -0.2) is 42.3 Å². The van der Waals surface area contributed by atoms with E-state index in [0.717, 1.165) is 41.0 Å². The third-order valence-electron chi connectivity index (χ3n) is 5.25. The molecule has 6 nitrogen and oxygen atoms in total. The summed E-state index contributed by atoms with van der Waals surface area (Å²) in [5.74, 6) is 0.284. The first-order valence-electron chi connectivity index (χ1n) is 9.09. The van der Waals surface area contributed by atoms with E-state index in [1.807, 2.05) is 13.8 Å². The predicted molar refractivity (Wildman–Crippen MR) is 106 cm³/mol. The number of halogens is 1. The molecule has 28 heavy (non-hydrogen) atoms. The van der Waals surface area contributed by atoms with Crippen LogP contribution in [0.5, 0.6) is 5.75 Å². The summed E-state index contributed by atoms with van der Waals surface area (Å²) in [5.41, 5.74) is 2.08. The fourth-order valence-electron chi connectivity index (χ4n) is 3.86. The van der Waals surface area contributed by atoms with Crippen molar-refractivity contribution in [1.29, 1.82) is 0 Å². The van der Waals surface area contributed by atoms with E-state index in [1.165, 1.54) is 23.5 Å². The molecule has 0 amide bonds. The average molecular weight is 424 g/mol. The van der Waals surface area contributed by atoms with E-state index in [2.05, 4.69) is 9.78 Å². The molecule has 1 aliphatic rings. The largest absolute Gasteiger partial charge is 0.494 e. The maximum atomic E-state index is 14.0. The summed E-state index contributed by atoms with van der Waals surface area (Å²) >= 11 is 1.64. The Morgan fingerprint density at radius 2 is 2.11 bits per heavy atom. The summed E-state index contributed by atoms with van der Waals surface area (Å²) < 4.78 is 48.7. The van der Waals surface area contributed by atoms with Crippen LogP contribution in [0.2, 0.25) is 0 Å².